The molecule has 3 heterocycles. The molecule has 0 spiro atoms. The van der Waals surface area contributed by atoms with Gasteiger partial charge in [0.25, 0.3) is 0 Å². The molecular weight excluding hydrogens is 312 g/mol. The van der Waals surface area contributed by atoms with Crippen molar-refractivity contribution < 1.29 is 9.32 Å². The summed E-state index contributed by atoms with van der Waals surface area (Å²) in [6.45, 7) is 4.16. The summed E-state index contributed by atoms with van der Waals surface area (Å²) < 4.78 is 6.96. The molecule has 0 fully saturated rings. The van der Waals surface area contributed by atoms with Gasteiger partial charge >= 0.3 is 0 Å². The summed E-state index contributed by atoms with van der Waals surface area (Å²) in [6.07, 6.45) is 3.93. The van der Waals surface area contributed by atoms with E-state index in [-0.39, 0.29) is 18.4 Å². The van der Waals surface area contributed by atoms with Gasteiger partial charge in [0.1, 0.15) is 11.8 Å². The Labute approximate surface area is 138 Å². The van der Waals surface area contributed by atoms with Crippen molar-refractivity contribution in [1.82, 2.24) is 20.3 Å². The lowest BCUT2D eigenvalue weighted by atomic mass is 10.1. The predicted molar refractivity (Wildman–Crippen MR) is 87.4 cm³/mol. The highest BCUT2D eigenvalue weighted by Crippen LogP contribution is 2.22. The minimum atomic E-state index is -0.0480. The highest BCUT2D eigenvalue weighted by atomic mass is 32.1. The van der Waals surface area contributed by atoms with Crippen molar-refractivity contribution in [3.05, 3.63) is 57.9 Å². The van der Waals surface area contributed by atoms with Crippen molar-refractivity contribution in [2.75, 3.05) is 6.54 Å². The van der Waals surface area contributed by atoms with E-state index in [1.165, 1.54) is 0 Å². The van der Waals surface area contributed by atoms with Crippen molar-refractivity contribution in [3.63, 3.8) is 0 Å². The second kappa shape index (κ2) is 6.78. The average molecular weight is 330 g/mol. The highest BCUT2D eigenvalue weighted by Gasteiger charge is 2.18. The van der Waals surface area contributed by atoms with Gasteiger partial charge in [-0.1, -0.05) is 11.2 Å². The molecule has 3 aromatic rings. The third-order valence-electron chi connectivity index (χ3n) is 3.73. The topological polar surface area (TPSA) is 73.0 Å². The fourth-order valence-corrected chi connectivity index (χ4v) is 3.28. The molecule has 0 aliphatic carbocycles. The summed E-state index contributed by atoms with van der Waals surface area (Å²) in [7, 11) is 0. The largest absolute Gasteiger partial charge is 0.361 e. The molecule has 7 heteroatoms. The summed E-state index contributed by atoms with van der Waals surface area (Å²) in [5.74, 6) is 0.646. The van der Waals surface area contributed by atoms with Gasteiger partial charge in [0.15, 0.2) is 0 Å². The van der Waals surface area contributed by atoms with Gasteiger partial charge < -0.3 is 9.84 Å². The van der Waals surface area contributed by atoms with E-state index in [2.05, 4.69) is 21.6 Å². The summed E-state index contributed by atoms with van der Waals surface area (Å²) in [6, 6.07) is 5.94. The number of amides is 1. The Morgan fingerprint density at radius 2 is 2.30 bits per heavy atom. The van der Waals surface area contributed by atoms with Crippen LogP contribution in [-0.2, 0) is 11.2 Å². The first kappa shape index (κ1) is 15.5. The van der Waals surface area contributed by atoms with Crippen molar-refractivity contribution in [2.45, 2.75) is 26.3 Å². The number of carbonyl (C=O) groups excluding carboxylic acids is 1. The Kier molecular flexibility index (Phi) is 4.57. The van der Waals surface area contributed by atoms with E-state index in [0.29, 0.717) is 12.3 Å². The van der Waals surface area contributed by atoms with Crippen molar-refractivity contribution in [1.29, 1.82) is 0 Å². The maximum atomic E-state index is 12.3. The van der Waals surface area contributed by atoms with Gasteiger partial charge in [-0.2, -0.15) is 5.10 Å². The number of nitrogens with zero attached hydrogens (tertiary/aromatic N) is 3. The van der Waals surface area contributed by atoms with Crippen LogP contribution in [0.1, 0.15) is 27.9 Å². The van der Waals surface area contributed by atoms with Crippen LogP contribution in [0.15, 0.2) is 40.5 Å². The van der Waals surface area contributed by atoms with Gasteiger partial charge in [0.2, 0.25) is 5.91 Å². The maximum Gasteiger partial charge on any atom is 0.224 e. The van der Waals surface area contributed by atoms with Crippen LogP contribution in [0.5, 0.6) is 0 Å². The second-order valence-corrected chi connectivity index (χ2v) is 6.28. The SMILES string of the molecule is Cc1noc(C)c1CC(=O)NC[C@@H](c1cccs1)n1cccn1. The number of rotatable bonds is 6. The van der Waals surface area contributed by atoms with E-state index < -0.39 is 0 Å². The van der Waals surface area contributed by atoms with Crippen LogP contribution in [-0.4, -0.2) is 27.4 Å². The molecule has 1 N–H and O–H groups in total. The van der Waals surface area contributed by atoms with Crippen LogP contribution in [0.3, 0.4) is 0 Å². The molecule has 23 heavy (non-hydrogen) atoms. The molecule has 0 bridgehead atoms. The zero-order chi connectivity index (χ0) is 16.2. The number of nitrogens with one attached hydrogen (secondary N) is 1. The Bertz CT molecular complexity index is 708. The standard InChI is InChI=1S/C16H18N4O2S/c1-11-13(12(2)22-19-11)9-16(21)17-10-14(15-5-3-8-23-15)20-7-4-6-18-20/h3-8,14H,9-10H2,1-2H3,(H,17,21)/t14-/m0/s1. The molecule has 3 rings (SSSR count). The Morgan fingerprint density at radius 1 is 1.43 bits per heavy atom. The van der Waals surface area contributed by atoms with Gasteiger partial charge in [-0.25, -0.2) is 0 Å². The van der Waals surface area contributed by atoms with E-state index >= 15 is 0 Å². The maximum absolute atomic E-state index is 12.3. The third-order valence-corrected chi connectivity index (χ3v) is 4.70. The van der Waals surface area contributed by atoms with Crippen LogP contribution < -0.4 is 5.32 Å². The van der Waals surface area contributed by atoms with Crippen molar-refractivity contribution in [2.24, 2.45) is 0 Å². The van der Waals surface area contributed by atoms with Gasteiger partial charge in [-0.05, 0) is 31.4 Å². The van der Waals surface area contributed by atoms with Crippen LogP contribution in [0.25, 0.3) is 0 Å². The molecule has 120 valence electrons. The van der Waals surface area contributed by atoms with Crippen LogP contribution in [0.4, 0.5) is 0 Å². The third kappa shape index (κ3) is 3.50. The zero-order valence-electron chi connectivity index (χ0n) is 13.0. The van der Waals surface area contributed by atoms with E-state index in [1.807, 2.05) is 42.2 Å². The first-order valence-corrected chi connectivity index (χ1v) is 8.24. The lowest BCUT2D eigenvalue weighted by Gasteiger charge is -2.17. The fraction of sp³-hybridized carbons (Fsp3) is 0.312. The molecule has 0 radical (unpaired) electrons. The van der Waals surface area contributed by atoms with Gasteiger partial charge in [0, 0.05) is 29.4 Å². The zero-order valence-corrected chi connectivity index (χ0v) is 13.8. The van der Waals surface area contributed by atoms with Crippen molar-refractivity contribution in [3.8, 4) is 0 Å². The van der Waals surface area contributed by atoms with Crippen LogP contribution in [0.2, 0.25) is 0 Å². The van der Waals surface area contributed by atoms with Gasteiger partial charge in [-0.3, -0.25) is 9.48 Å². The lowest BCUT2D eigenvalue weighted by molar-refractivity contribution is -0.120. The molecule has 0 unspecified atom stereocenters. The Hall–Kier alpha value is -2.41. The van der Waals surface area contributed by atoms with E-state index in [1.54, 1.807) is 17.5 Å². The molecule has 1 atom stereocenters. The number of hydrogen-bond donors (Lipinski definition) is 1. The molecule has 0 aromatic carbocycles. The molecule has 0 aliphatic heterocycles. The van der Waals surface area contributed by atoms with E-state index in [0.717, 1.165) is 16.1 Å². The molecule has 0 aliphatic rings. The second-order valence-electron chi connectivity index (χ2n) is 5.30. The highest BCUT2D eigenvalue weighted by molar-refractivity contribution is 7.10. The smallest absolute Gasteiger partial charge is 0.224 e. The van der Waals surface area contributed by atoms with E-state index in [4.69, 9.17) is 4.52 Å². The normalized spacial score (nSPS) is 12.3. The van der Waals surface area contributed by atoms with Crippen LogP contribution >= 0.6 is 11.3 Å². The number of aromatic nitrogens is 3. The van der Waals surface area contributed by atoms with Crippen molar-refractivity contribution >= 4 is 17.2 Å². The minimum Gasteiger partial charge on any atom is -0.361 e. The van der Waals surface area contributed by atoms with Gasteiger partial charge in [0.05, 0.1) is 12.1 Å². The minimum absolute atomic E-state index is 0.00128. The lowest BCUT2D eigenvalue weighted by Crippen LogP contribution is -2.32. The Balaban J connectivity index is 1.66. The van der Waals surface area contributed by atoms with Crippen LogP contribution in [0, 0.1) is 13.8 Å². The predicted octanol–water partition coefficient (Wildman–Crippen LogP) is 2.50. The quantitative estimate of drug-likeness (QED) is 0.754. The Morgan fingerprint density at radius 3 is 2.91 bits per heavy atom. The monoisotopic (exact) mass is 330 g/mol. The first-order chi connectivity index (χ1) is 11.1. The molecular formula is C16H18N4O2S. The number of carbonyl (C=O) groups is 1. The number of aryl methyl sites for hydroxylation is 2. The molecule has 1 amide bonds. The fourth-order valence-electron chi connectivity index (χ4n) is 2.46. The van der Waals surface area contributed by atoms with Gasteiger partial charge in [-0.15, -0.1) is 11.3 Å². The average Bonchev–Trinajstić information content (AvgIpc) is 3.27. The van der Waals surface area contributed by atoms with E-state index in [9.17, 15) is 4.79 Å². The number of thiophene rings is 1. The summed E-state index contributed by atoms with van der Waals surface area (Å²) >= 11 is 1.65. The molecule has 0 saturated carbocycles. The summed E-state index contributed by atoms with van der Waals surface area (Å²) in [4.78, 5) is 13.4. The summed E-state index contributed by atoms with van der Waals surface area (Å²) in [5, 5.41) is 13.2. The number of hydrogen-bond acceptors (Lipinski definition) is 5. The molecule has 0 saturated heterocycles. The molecule has 3 aromatic heterocycles. The first-order valence-electron chi connectivity index (χ1n) is 7.36. The molecule has 6 nitrogen and oxygen atoms in total. The summed E-state index contributed by atoms with van der Waals surface area (Å²) in [5.41, 5.74) is 1.62.